The van der Waals surface area contributed by atoms with Crippen LogP contribution < -0.4 is 10.1 Å². The smallest absolute Gasteiger partial charge is 0.119 e. The Hall–Kier alpha value is -1.22. The summed E-state index contributed by atoms with van der Waals surface area (Å²) in [6, 6.07) is 9.87. The van der Waals surface area contributed by atoms with E-state index in [-0.39, 0.29) is 12.4 Å². The molecule has 0 fully saturated rings. The average molecular weight is 241 g/mol. The van der Waals surface area contributed by atoms with Crippen LogP contribution in [0.2, 0.25) is 0 Å². The van der Waals surface area contributed by atoms with Gasteiger partial charge in [0.15, 0.2) is 0 Å². The summed E-state index contributed by atoms with van der Waals surface area (Å²) in [5, 5.41) is 3.28. The molecule has 0 radical (unpaired) electrons. The molecule has 1 heterocycles. The van der Waals surface area contributed by atoms with Crippen LogP contribution in [-0.4, -0.2) is 25.5 Å². The fraction of sp³-hybridized carbons (Fsp3) is 0.417. The number of aliphatic imine (C=N–C) groups is 1. The van der Waals surface area contributed by atoms with E-state index in [1.54, 1.807) is 0 Å². The molecule has 0 saturated carbocycles. The van der Waals surface area contributed by atoms with Crippen molar-refractivity contribution in [3.8, 4) is 5.75 Å². The molecule has 0 atom stereocenters. The Labute approximate surface area is 102 Å². The number of amidine groups is 1. The monoisotopic (exact) mass is 240 g/mol. The number of nitrogens with one attached hydrogen (secondary N) is 1. The summed E-state index contributed by atoms with van der Waals surface area (Å²) < 4.78 is 5.55. The number of hydrogen-bond acceptors (Lipinski definition) is 3. The first kappa shape index (κ1) is 12.8. The number of benzene rings is 1. The summed E-state index contributed by atoms with van der Waals surface area (Å²) in [7, 11) is 0. The lowest BCUT2D eigenvalue weighted by Gasteiger charge is -2.07. The summed E-state index contributed by atoms with van der Waals surface area (Å²) in [4.78, 5) is 4.33. The van der Waals surface area contributed by atoms with Crippen LogP contribution in [0, 0.1) is 0 Å². The van der Waals surface area contributed by atoms with Gasteiger partial charge in [0.05, 0.1) is 12.4 Å². The third-order valence-electron chi connectivity index (χ3n) is 2.32. The van der Waals surface area contributed by atoms with E-state index in [0.717, 1.165) is 31.1 Å². The molecule has 0 amide bonds. The van der Waals surface area contributed by atoms with E-state index >= 15 is 0 Å². The minimum atomic E-state index is 0. The average Bonchev–Trinajstić information content (AvgIpc) is 2.79. The molecule has 3 nitrogen and oxygen atoms in total. The molecule has 0 aromatic heterocycles. The normalized spacial score (nSPS) is 13.9. The van der Waals surface area contributed by atoms with E-state index in [0.29, 0.717) is 6.61 Å². The number of para-hydroxylation sites is 1. The van der Waals surface area contributed by atoms with Crippen LogP contribution in [0.25, 0.3) is 0 Å². The summed E-state index contributed by atoms with van der Waals surface area (Å²) >= 11 is 0. The fourth-order valence-corrected chi connectivity index (χ4v) is 1.56. The van der Waals surface area contributed by atoms with Gasteiger partial charge in [0.2, 0.25) is 0 Å². The van der Waals surface area contributed by atoms with Gasteiger partial charge < -0.3 is 10.1 Å². The van der Waals surface area contributed by atoms with Gasteiger partial charge in [0, 0.05) is 13.0 Å². The predicted molar refractivity (Wildman–Crippen MR) is 68.7 cm³/mol. The second-order valence-corrected chi connectivity index (χ2v) is 3.52. The second kappa shape index (κ2) is 7.12. The van der Waals surface area contributed by atoms with Gasteiger partial charge in [0.25, 0.3) is 0 Å². The summed E-state index contributed by atoms with van der Waals surface area (Å²) in [5.74, 6) is 2.05. The van der Waals surface area contributed by atoms with Crippen molar-refractivity contribution < 1.29 is 4.74 Å². The SMILES string of the molecule is Cl.c1ccc(OCCNC2=NCCC2)cc1. The lowest BCUT2D eigenvalue weighted by atomic mass is 10.3. The van der Waals surface area contributed by atoms with Gasteiger partial charge in [0.1, 0.15) is 12.4 Å². The van der Waals surface area contributed by atoms with Crippen LogP contribution in [0.5, 0.6) is 5.75 Å². The van der Waals surface area contributed by atoms with Gasteiger partial charge in [-0.1, -0.05) is 18.2 Å². The van der Waals surface area contributed by atoms with E-state index in [1.807, 2.05) is 30.3 Å². The van der Waals surface area contributed by atoms with Crippen LogP contribution in [0.4, 0.5) is 0 Å². The summed E-state index contributed by atoms with van der Waals surface area (Å²) in [6.45, 7) is 2.48. The summed E-state index contributed by atoms with van der Waals surface area (Å²) in [5.41, 5.74) is 0. The van der Waals surface area contributed by atoms with Crippen LogP contribution in [0.3, 0.4) is 0 Å². The van der Waals surface area contributed by atoms with Gasteiger partial charge in [-0.05, 0) is 18.6 Å². The highest BCUT2D eigenvalue weighted by molar-refractivity contribution is 5.85. The molecule has 4 heteroatoms. The molecule has 88 valence electrons. The third-order valence-corrected chi connectivity index (χ3v) is 2.32. The van der Waals surface area contributed by atoms with Crippen molar-refractivity contribution in [3.05, 3.63) is 30.3 Å². The molecular formula is C12H17ClN2O. The lowest BCUT2D eigenvalue weighted by Crippen LogP contribution is -2.26. The highest BCUT2D eigenvalue weighted by Crippen LogP contribution is 2.07. The van der Waals surface area contributed by atoms with Gasteiger partial charge in [-0.25, -0.2) is 0 Å². The van der Waals surface area contributed by atoms with Gasteiger partial charge in [-0.2, -0.15) is 0 Å². The molecule has 1 aromatic carbocycles. The maximum Gasteiger partial charge on any atom is 0.119 e. The van der Waals surface area contributed by atoms with Gasteiger partial charge in [-0.15, -0.1) is 12.4 Å². The Balaban J connectivity index is 0.00000128. The molecule has 0 bridgehead atoms. The number of nitrogens with zero attached hydrogens (tertiary/aromatic N) is 1. The van der Waals surface area contributed by atoms with Crippen molar-refractivity contribution in [2.45, 2.75) is 12.8 Å². The topological polar surface area (TPSA) is 33.6 Å². The Morgan fingerprint density at radius 1 is 1.25 bits per heavy atom. The number of ether oxygens (including phenoxy) is 1. The minimum absolute atomic E-state index is 0. The van der Waals surface area contributed by atoms with Crippen molar-refractivity contribution in [2.75, 3.05) is 19.7 Å². The summed E-state index contributed by atoms with van der Waals surface area (Å²) in [6.07, 6.45) is 2.27. The number of hydrogen-bond donors (Lipinski definition) is 1. The molecule has 1 N–H and O–H groups in total. The lowest BCUT2D eigenvalue weighted by molar-refractivity contribution is 0.322. The largest absolute Gasteiger partial charge is 0.492 e. The van der Waals surface area contributed by atoms with Crippen molar-refractivity contribution in [3.63, 3.8) is 0 Å². The van der Waals surface area contributed by atoms with Crippen LogP contribution in [0.1, 0.15) is 12.8 Å². The Bertz CT molecular complexity index is 327. The first-order valence-corrected chi connectivity index (χ1v) is 5.40. The Kier molecular flexibility index (Phi) is 5.72. The molecule has 2 rings (SSSR count). The highest BCUT2D eigenvalue weighted by Gasteiger charge is 2.04. The molecule has 0 spiro atoms. The minimum Gasteiger partial charge on any atom is -0.492 e. The zero-order valence-corrected chi connectivity index (χ0v) is 10.0. The van der Waals surface area contributed by atoms with Crippen molar-refractivity contribution in [1.82, 2.24) is 5.32 Å². The molecule has 0 aliphatic carbocycles. The molecular weight excluding hydrogens is 224 g/mol. The van der Waals surface area contributed by atoms with E-state index in [4.69, 9.17) is 4.74 Å². The van der Waals surface area contributed by atoms with Crippen LogP contribution >= 0.6 is 12.4 Å². The number of halogens is 1. The maximum atomic E-state index is 5.55. The van der Waals surface area contributed by atoms with Crippen LogP contribution in [-0.2, 0) is 0 Å². The quantitative estimate of drug-likeness (QED) is 0.820. The second-order valence-electron chi connectivity index (χ2n) is 3.52. The van der Waals surface area contributed by atoms with Crippen molar-refractivity contribution in [2.24, 2.45) is 4.99 Å². The molecule has 0 unspecified atom stereocenters. The van der Waals surface area contributed by atoms with E-state index in [2.05, 4.69) is 10.3 Å². The van der Waals surface area contributed by atoms with Gasteiger partial charge >= 0.3 is 0 Å². The standard InChI is InChI=1S/C12H16N2O.ClH/c1-2-5-11(6-3-1)15-10-9-14-12-7-4-8-13-12;/h1-3,5-6H,4,7-10H2,(H,13,14);1H. The zero-order chi connectivity index (χ0) is 10.3. The van der Waals surface area contributed by atoms with Crippen molar-refractivity contribution >= 4 is 18.2 Å². The van der Waals surface area contributed by atoms with E-state index < -0.39 is 0 Å². The van der Waals surface area contributed by atoms with E-state index in [9.17, 15) is 0 Å². The maximum absolute atomic E-state index is 5.55. The first-order valence-electron chi connectivity index (χ1n) is 5.40. The third kappa shape index (κ3) is 4.11. The van der Waals surface area contributed by atoms with Crippen LogP contribution in [0.15, 0.2) is 35.3 Å². The molecule has 1 aliphatic heterocycles. The fourth-order valence-electron chi connectivity index (χ4n) is 1.56. The first-order chi connectivity index (χ1) is 7.45. The molecule has 0 saturated heterocycles. The Morgan fingerprint density at radius 3 is 2.75 bits per heavy atom. The molecule has 1 aromatic rings. The number of rotatable bonds is 4. The highest BCUT2D eigenvalue weighted by atomic mass is 35.5. The van der Waals surface area contributed by atoms with Crippen molar-refractivity contribution in [1.29, 1.82) is 0 Å². The molecule has 1 aliphatic rings. The van der Waals surface area contributed by atoms with E-state index in [1.165, 1.54) is 6.42 Å². The van der Waals surface area contributed by atoms with Gasteiger partial charge in [-0.3, -0.25) is 4.99 Å². The zero-order valence-electron chi connectivity index (χ0n) is 9.19. The Morgan fingerprint density at radius 2 is 2.06 bits per heavy atom. The molecule has 16 heavy (non-hydrogen) atoms. The predicted octanol–water partition coefficient (Wildman–Crippen LogP) is 2.27.